The van der Waals surface area contributed by atoms with Gasteiger partial charge in [0, 0.05) is 32.9 Å². The second-order valence-electron chi connectivity index (χ2n) is 5.71. The number of nitrogens with two attached hydrogens (primary N) is 1. The zero-order valence-electron chi connectivity index (χ0n) is 11.9. The number of methoxy groups -OCH3 is 1. The van der Waals surface area contributed by atoms with E-state index in [1.165, 1.54) is 5.56 Å². The van der Waals surface area contributed by atoms with Gasteiger partial charge < -0.3 is 15.2 Å². The fourth-order valence-electron chi connectivity index (χ4n) is 2.66. The molecule has 0 aromatic carbocycles. The maximum absolute atomic E-state index is 6.00. The Morgan fingerprint density at radius 3 is 3.05 bits per heavy atom. The Morgan fingerprint density at radius 2 is 2.37 bits per heavy atom. The number of nitrogens with zero attached hydrogens (tertiary/aromatic N) is 2. The van der Waals surface area contributed by atoms with Gasteiger partial charge in [0.25, 0.3) is 0 Å². The van der Waals surface area contributed by atoms with Gasteiger partial charge in [-0.15, -0.1) is 0 Å². The highest BCUT2D eigenvalue weighted by molar-refractivity contribution is 5.31. The minimum atomic E-state index is -0.153. The van der Waals surface area contributed by atoms with E-state index in [-0.39, 0.29) is 11.7 Å². The van der Waals surface area contributed by atoms with Gasteiger partial charge in [0.15, 0.2) is 0 Å². The van der Waals surface area contributed by atoms with E-state index in [0.717, 1.165) is 19.6 Å². The minimum absolute atomic E-state index is 0.118. The maximum Gasteiger partial charge on any atom is 0.123 e. The summed E-state index contributed by atoms with van der Waals surface area (Å²) in [7, 11) is 1.71. The van der Waals surface area contributed by atoms with Crippen LogP contribution >= 0.6 is 0 Å². The molecule has 1 aliphatic rings. The average molecular weight is 265 g/mol. The van der Waals surface area contributed by atoms with Crippen molar-refractivity contribution in [2.45, 2.75) is 32.1 Å². The van der Waals surface area contributed by atoms with E-state index < -0.39 is 0 Å². The lowest BCUT2D eigenvalue weighted by Crippen LogP contribution is -2.53. The maximum atomic E-state index is 6.00. The van der Waals surface area contributed by atoms with E-state index in [0.29, 0.717) is 12.4 Å². The second-order valence-corrected chi connectivity index (χ2v) is 5.71. The molecule has 1 saturated heterocycles. The topological polar surface area (TPSA) is 60.6 Å². The van der Waals surface area contributed by atoms with Gasteiger partial charge >= 0.3 is 0 Å². The van der Waals surface area contributed by atoms with E-state index >= 15 is 0 Å². The van der Waals surface area contributed by atoms with Crippen LogP contribution in [0.3, 0.4) is 0 Å². The van der Waals surface area contributed by atoms with Crippen molar-refractivity contribution in [1.82, 2.24) is 9.88 Å². The molecule has 0 spiro atoms. The van der Waals surface area contributed by atoms with Crippen molar-refractivity contribution in [3.63, 3.8) is 0 Å². The summed E-state index contributed by atoms with van der Waals surface area (Å²) in [5, 5.41) is 0. The van der Waals surface area contributed by atoms with E-state index in [4.69, 9.17) is 15.2 Å². The number of rotatable bonds is 4. The summed E-state index contributed by atoms with van der Waals surface area (Å²) in [4.78, 5) is 6.40. The Labute approximate surface area is 114 Å². The quantitative estimate of drug-likeness (QED) is 0.889. The molecule has 5 heteroatoms. The molecule has 2 heterocycles. The highest BCUT2D eigenvalue weighted by Gasteiger charge is 2.33. The molecule has 0 aliphatic carbocycles. The van der Waals surface area contributed by atoms with Crippen LogP contribution < -0.4 is 5.73 Å². The third-order valence-electron chi connectivity index (χ3n) is 3.16. The third kappa shape index (κ3) is 4.16. The number of ether oxygens (including phenoxy) is 2. The number of pyridine rings is 1. The molecule has 106 valence electrons. The van der Waals surface area contributed by atoms with Crippen LogP contribution in [0.2, 0.25) is 0 Å². The standard InChI is InChI=1S/C14H23N3O2/c1-14(2)10-17(8-12(19-14)9-18-3)7-11-4-5-16-13(15)6-11/h4-6,12H,7-10H2,1-3H3,(H2,15,16)/t12-/m0/s1. The molecule has 1 atom stereocenters. The van der Waals surface area contributed by atoms with Crippen molar-refractivity contribution in [3.05, 3.63) is 23.9 Å². The Balaban J connectivity index is 2.02. The molecule has 5 nitrogen and oxygen atoms in total. The van der Waals surface area contributed by atoms with Gasteiger partial charge in [-0.2, -0.15) is 0 Å². The van der Waals surface area contributed by atoms with Gasteiger partial charge in [-0.1, -0.05) is 0 Å². The van der Waals surface area contributed by atoms with Gasteiger partial charge in [-0.05, 0) is 31.5 Å². The predicted molar refractivity (Wildman–Crippen MR) is 74.8 cm³/mol. The van der Waals surface area contributed by atoms with Crippen LogP contribution in [0.5, 0.6) is 0 Å². The number of aromatic nitrogens is 1. The predicted octanol–water partition coefficient (Wildman–Crippen LogP) is 1.29. The number of morpholine rings is 1. The van der Waals surface area contributed by atoms with Crippen molar-refractivity contribution < 1.29 is 9.47 Å². The molecule has 0 radical (unpaired) electrons. The Kier molecular flexibility index (Phi) is 4.39. The van der Waals surface area contributed by atoms with Crippen LogP contribution in [0.4, 0.5) is 5.82 Å². The van der Waals surface area contributed by atoms with Crippen molar-refractivity contribution in [1.29, 1.82) is 0 Å². The lowest BCUT2D eigenvalue weighted by atomic mass is 10.0. The molecule has 0 saturated carbocycles. The summed E-state index contributed by atoms with van der Waals surface area (Å²) in [5.41, 5.74) is 6.75. The van der Waals surface area contributed by atoms with Crippen LogP contribution in [-0.4, -0.2) is 48.4 Å². The van der Waals surface area contributed by atoms with Crippen molar-refractivity contribution in [2.75, 3.05) is 32.5 Å². The van der Waals surface area contributed by atoms with E-state index in [1.807, 2.05) is 12.1 Å². The minimum Gasteiger partial charge on any atom is -0.384 e. The van der Waals surface area contributed by atoms with E-state index in [1.54, 1.807) is 13.3 Å². The lowest BCUT2D eigenvalue weighted by Gasteiger charge is -2.42. The first-order valence-corrected chi connectivity index (χ1v) is 6.58. The molecule has 0 amide bonds. The first kappa shape index (κ1) is 14.2. The third-order valence-corrected chi connectivity index (χ3v) is 3.16. The van der Waals surface area contributed by atoms with Crippen LogP contribution in [-0.2, 0) is 16.0 Å². The van der Waals surface area contributed by atoms with Crippen LogP contribution in [0.1, 0.15) is 19.4 Å². The molecular formula is C14H23N3O2. The Morgan fingerprint density at radius 1 is 1.58 bits per heavy atom. The van der Waals surface area contributed by atoms with Gasteiger partial charge in [0.05, 0.1) is 18.3 Å². The molecule has 1 aromatic rings. The van der Waals surface area contributed by atoms with Gasteiger partial charge in [0.2, 0.25) is 0 Å². The molecule has 1 aromatic heterocycles. The average Bonchev–Trinajstić information content (AvgIpc) is 2.26. The molecule has 2 N–H and O–H groups in total. The van der Waals surface area contributed by atoms with E-state index in [2.05, 4.69) is 23.7 Å². The summed E-state index contributed by atoms with van der Waals surface area (Å²) < 4.78 is 11.2. The monoisotopic (exact) mass is 265 g/mol. The second kappa shape index (κ2) is 5.86. The molecule has 1 aliphatic heterocycles. The Bertz CT molecular complexity index is 423. The summed E-state index contributed by atoms with van der Waals surface area (Å²) in [6, 6.07) is 3.93. The van der Waals surface area contributed by atoms with Crippen LogP contribution in [0.15, 0.2) is 18.3 Å². The van der Waals surface area contributed by atoms with Gasteiger partial charge in [-0.25, -0.2) is 4.98 Å². The fourth-order valence-corrected chi connectivity index (χ4v) is 2.66. The van der Waals surface area contributed by atoms with Gasteiger partial charge in [-0.3, -0.25) is 4.90 Å². The SMILES string of the molecule is COC[C@@H]1CN(Cc2ccnc(N)c2)CC(C)(C)O1. The van der Waals surface area contributed by atoms with Crippen molar-refractivity contribution >= 4 is 5.82 Å². The summed E-state index contributed by atoms with van der Waals surface area (Å²) in [6.07, 6.45) is 1.87. The molecular weight excluding hydrogens is 242 g/mol. The number of nitrogen functional groups attached to an aromatic ring is 1. The zero-order valence-corrected chi connectivity index (χ0v) is 11.9. The first-order valence-electron chi connectivity index (χ1n) is 6.58. The first-order chi connectivity index (χ1) is 8.98. The number of hydrogen-bond donors (Lipinski definition) is 1. The molecule has 1 fully saturated rings. The summed E-state index contributed by atoms with van der Waals surface area (Å²) in [5.74, 6) is 0.568. The number of hydrogen-bond acceptors (Lipinski definition) is 5. The molecule has 0 unspecified atom stereocenters. The van der Waals surface area contributed by atoms with E-state index in [9.17, 15) is 0 Å². The normalized spacial score (nSPS) is 23.4. The number of anilines is 1. The smallest absolute Gasteiger partial charge is 0.123 e. The molecule has 19 heavy (non-hydrogen) atoms. The molecule has 2 rings (SSSR count). The fraction of sp³-hybridized carbons (Fsp3) is 0.643. The Hall–Kier alpha value is -1.17. The largest absolute Gasteiger partial charge is 0.384 e. The lowest BCUT2D eigenvalue weighted by molar-refractivity contribution is -0.154. The molecule has 0 bridgehead atoms. The summed E-state index contributed by atoms with van der Waals surface area (Å²) in [6.45, 7) is 7.48. The highest BCUT2D eigenvalue weighted by Crippen LogP contribution is 2.22. The van der Waals surface area contributed by atoms with Crippen LogP contribution in [0, 0.1) is 0 Å². The highest BCUT2D eigenvalue weighted by atomic mass is 16.5. The van der Waals surface area contributed by atoms with Crippen molar-refractivity contribution in [3.8, 4) is 0 Å². The van der Waals surface area contributed by atoms with Crippen molar-refractivity contribution in [2.24, 2.45) is 0 Å². The van der Waals surface area contributed by atoms with Crippen LogP contribution in [0.25, 0.3) is 0 Å². The zero-order chi connectivity index (χ0) is 13.9. The van der Waals surface area contributed by atoms with Gasteiger partial charge in [0.1, 0.15) is 5.82 Å². The summed E-state index contributed by atoms with van der Waals surface area (Å²) >= 11 is 0.